The molecular weight excluding hydrogens is 441 g/mol. The maximum Gasteiger partial charge on any atom is 0.310 e. The van der Waals surface area contributed by atoms with Crippen molar-refractivity contribution >= 4 is 27.7 Å². The molecule has 11 heteroatoms. The van der Waals surface area contributed by atoms with Gasteiger partial charge in [-0.25, -0.2) is 0 Å². The lowest BCUT2D eigenvalue weighted by Gasteiger charge is -2.40. The average Bonchev–Trinajstić information content (AvgIpc) is 2.63. The zero-order valence-corrected chi connectivity index (χ0v) is 17.8. The van der Waals surface area contributed by atoms with Gasteiger partial charge in [-0.3, -0.25) is 19.5 Å². The first-order valence-corrected chi connectivity index (χ1v) is 10.9. The van der Waals surface area contributed by atoms with E-state index in [2.05, 4.69) is 16.9 Å². The van der Waals surface area contributed by atoms with E-state index >= 15 is 0 Å². The fourth-order valence-electron chi connectivity index (χ4n) is 2.76. The summed E-state index contributed by atoms with van der Waals surface area (Å²) in [6, 6.07) is 3.46. The standard InChI is InChI=1S/C20H22F5N3O2S/c1-5-17(29)28(15-8-10-16(11-9-15)31(21,22,23,24)25)18(14-7-6-12-26-13-14)19(30)27-20(2,3)4/h5-13,18H,1H2,2-4H3,(H,27,30). The molecule has 2 amide bonds. The molecule has 1 aromatic heterocycles. The summed E-state index contributed by atoms with van der Waals surface area (Å²) in [5, 5.41) is 2.71. The summed E-state index contributed by atoms with van der Waals surface area (Å²) in [6.07, 6.45) is 3.62. The van der Waals surface area contributed by atoms with Crippen molar-refractivity contribution in [3.05, 3.63) is 67.0 Å². The van der Waals surface area contributed by atoms with Crippen LogP contribution in [-0.4, -0.2) is 22.3 Å². The molecule has 2 aromatic rings. The van der Waals surface area contributed by atoms with Crippen molar-refractivity contribution in [2.75, 3.05) is 4.90 Å². The minimum Gasteiger partial charge on any atom is -0.349 e. The number of hydrogen-bond donors (Lipinski definition) is 1. The average molecular weight is 463 g/mol. The molecule has 1 heterocycles. The maximum absolute atomic E-state index is 13.1. The molecule has 1 N–H and O–H groups in total. The van der Waals surface area contributed by atoms with Gasteiger partial charge in [-0.2, -0.15) is 0 Å². The summed E-state index contributed by atoms with van der Waals surface area (Å²) < 4.78 is 65.4. The van der Waals surface area contributed by atoms with Gasteiger partial charge in [0.05, 0.1) is 0 Å². The molecule has 0 saturated heterocycles. The van der Waals surface area contributed by atoms with E-state index in [1.54, 1.807) is 20.8 Å². The van der Waals surface area contributed by atoms with Gasteiger partial charge < -0.3 is 5.32 Å². The highest BCUT2D eigenvalue weighted by Gasteiger charge is 2.65. The van der Waals surface area contributed by atoms with Crippen LogP contribution in [0.3, 0.4) is 0 Å². The second kappa shape index (κ2) is 7.33. The summed E-state index contributed by atoms with van der Waals surface area (Å²) in [5.74, 6) is -1.47. The summed E-state index contributed by atoms with van der Waals surface area (Å²) in [6.45, 7) is 8.47. The largest absolute Gasteiger partial charge is 0.349 e. The summed E-state index contributed by atoms with van der Waals surface area (Å²) in [5.41, 5.74) is -0.642. The van der Waals surface area contributed by atoms with Gasteiger partial charge in [0.15, 0.2) is 0 Å². The van der Waals surface area contributed by atoms with Crippen molar-refractivity contribution in [2.45, 2.75) is 37.2 Å². The number of anilines is 1. The van der Waals surface area contributed by atoms with Gasteiger partial charge in [-0.15, -0.1) is 0 Å². The lowest BCUT2D eigenvalue weighted by molar-refractivity contribution is -0.126. The number of aromatic nitrogens is 1. The third-order valence-corrected chi connectivity index (χ3v) is 5.14. The SMILES string of the molecule is C=CC(=O)N(c1ccc(S(F)(F)(F)(F)F)cc1)C(C(=O)NC(C)(C)C)c1cccnc1. The molecular formula is C20H22F5N3O2S. The Hall–Kier alpha value is -2.95. The number of carbonyl (C=O) groups is 2. The van der Waals surface area contributed by atoms with Crippen molar-refractivity contribution < 1.29 is 29.0 Å². The highest BCUT2D eigenvalue weighted by molar-refractivity contribution is 8.45. The number of rotatable bonds is 6. The molecule has 1 unspecified atom stereocenters. The van der Waals surface area contributed by atoms with Crippen molar-refractivity contribution in [1.82, 2.24) is 10.3 Å². The van der Waals surface area contributed by atoms with E-state index in [9.17, 15) is 29.0 Å². The van der Waals surface area contributed by atoms with Crippen LogP contribution in [0.1, 0.15) is 32.4 Å². The van der Waals surface area contributed by atoms with Crippen molar-refractivity contribution in [2.24, 2.45) is 0 Å². The van der Waals surface area contributed by atoms with Crippen LogP contribution >= 0.6 is 10.2 Å². The second-order valence-corrected chi connectivity index (χ2v) is 10.2. The van der Waals surface area contributed by atoms with Crippen LogP contribution in [0.15, 0.2) is 66.3 Å². The molecule has 0 bridgehead atoms. The van der Waals surface area contributed by atoms with Crippen LogP contribution in [0.4, 0.5) is 25.1 Å². The highest BCUT2D eigenvalue weighted by atomic mass is 32.5. The topological polar surface area (TPSA) is 62.3 Å². The maximum atomic E-state index is 13.1. The molecule has 170 valence electrons. The van der Waals surface area contributed by atoms with Gasteiger partial charge >= 0.3 is 10.2 Å². The number of nitrogens with zero attached hydrogens (tertiary/aromatic N) is 2. The van der Waals surface area contributed by atoms with E-state index in [-0.39, 0.29) is 23.4 Å². The molecule has 0 aliphatic heterocycles. The number of nitrogens with one attached hydrogen (secondary N) is 1. The van der Waals surface area contributed by atoms with Gasteiger partial charge in [-0.1, -0.05) is 32.1 Å². The smallest absolute Gasteiger partial charge is 0.310 e. The zero-order chi connectivity index (χ0) is 23.7. The molecule has 0 spiro atoms. The number of pyridine rings is 1. The molecule has 1 aromatic carbocycles. The number of amides is 2. The Kier molecular flexibility index (Phi) is 5.75. The van der Waals surface area contributed by atoms with E-state index in [0.717, 1.165) is 11.0 Å². The third-order valence-electron chi connectivity index (χ3n) is 3.98. The van der Waals surface area contributed by atoms with Gasteiger partial charge in [0.1, 0.15) is 10.9 Å². The van der Waals surface area contributed by atoms with Gasteiger partial charge in [0.2, 0.25) is 5.91 Å². The Bertz CT molecular complexity index is 989. The molecule has 0 fully saturated rings. The van der Waals surface area contributed by atoms with Gasteiger partial charge in [-0.05, 0) is 57.2 Å². The number of halogens is 5. The van der Waals surface area contributed by atoms with Crippen molar-refractivity contribution in [3.8, 4) is 0 Å². The monoisotopic (exact) mass is 463 g/mol. The second-order valence-electron chi connectivity index (χ2n) is 7.80. The predicted octanol–water partition coefficient (Wildman–Crippen LogP) is 5.91. The minimum absolute atomic E-state index is 0.183. The molecule has 0 aliphatic rings. The van der Waals surface area contributed by atoms with E-state index in [0.29, 0.717) is 12.1 Å². The van der Waals surface area contributed by atoms with Crippen LogP contribution < -0.4 is 10.2 Å². The van der Waals surface area contributed by atoms with Crippen LogP contribution in [-0.2, 0) is 9.59 Å². The minimum atomic E-state index is -9.90. The Morgan fingerprint density at radius 2 is 1.68 bits per heavy atom. The zero-order valence-electron chi connectivity index (χ0n) is 17.0. The molecule has 0 aliphatic carbocycles. The van der Waals surface area contributed by atoms with Crippen LogP contribution in [0.2, 0.25) is 0 Å². The fourth-order valence-corrected chi connectivity index (χ4v) is 3.41. The summed E-state index contributed by atoms with van der Waals surface area (Å²) in [7, 11) is -9.90. The first kappa shape index (κ1) is 24.3. The van der Waals surface area contributed by atoms with Crippen LogP contribution in [0.25, 0.3) is 0 Å². The molecule has 31 heavy (non-hydrogen) atoms. The molecule has 2 rings (SSSR count). The first-order valence-electron chi connectivity index (χ1n) is 8.95. The summed E-state index contributed by atoms with van der Waals surface area (Å²) in [4.78, 5) is 28.4. The molecule has 1 atom stereocenters. The Balaban J connectivity index is 2.64. The predicted molar refractivity (Wildman–Crippen MR) is 110 cm³/mol. The van der Waals surface area contributed by atoms with Crippen molar-refractivity contribution in [1.29, 1.82) is 0 Å². The fraction of sp³-hybridized carbons (Fsp3) is 0.250. The Morgan fingerprint density at radius 1 is 1.10 bits per heavy atom. The van der Waals surface area contributed by atoms with Crippen LogP contribution in [0, 0.1) is 0 Å². The first-order chi connectivity index (χ1) is 13.9. The highest BCUT2D eigenvalue weighted by Crippen LogP contribution is 3.02. The molecule has 5 nitrogen and oxygen atoms in total. The lowest BCUT2D eigenvalue weighted by Crippen LogP contribution is -2.49. The lowest BCUT2D eigenvalue weighted by atomic mass is 10.0. The van der Waals surface area contributed by atoms with E-state index in [1.165, 1.54) is 24.5 Å². The van der Waals surface area contributed by atoms with Gasteiger partial charge in [0, 0.05) is 29.2 Å². The van der Waals surface area contributed by atoms with E-state index in [4.69, 9.17) is 0 Å². The quantitative estimate of drug-likeness (QED) is 0.428. The van der Waals surface area contributed by atoms with Gasteiger partial charge in [0.25, 0.3) is 5.91 Å². The number of benzene rings is 1. The number of carbonyl (C=O) groups excluding carboxylic acids is 2. The van der Waals surface area contributed by atoms with Crippen LogP contribution in [0.5, 0.6) is 0 Å². The Morgan fingerprint density at radius 3 is 2.10 bits per heavy atom. The Labute approximate surface area is 176 Å². The summed E-state index contributed by atoms with van der Waals surface area (Å²) >= 11 is 0. The van der Waals surface area contributed by atoms with E-state index in [1.807, 2.05) is 0 Å². The van der Waals surface area contributed by atoms with Crippen molar-refractivity contribution in [3.63, 3.8) is 0 Å². The normalized spacial score (nSPS) is 15.2. The molecule has 0 saturated carbocycles. The third kappa shape index (κ3) is 6.27. The number of hydrogen-bond acceptors (Lipinski definition) is 3. The van der Waals surface area contributed by atoms with E-state index < -0.39 is 38.5 Å². The molecule has 0 radical (unpaired) electrons.